The molecule has 3 heterocycles. The zero-order valence-electron chi connectivity index (χ0n) is 29.5. The Morgan fingerprint density at radius 3 is 2.17 bits per heavy atom. The lowest BCUT2D eigenvalue weighted by Crippen LogP contribution is -2.59. The fourth-order valence-corrected chi connectivity index (χ4v) is 6.69. The molecule has 0 saturated carbocycles. The summed E-state index contributed by atoms with van der Waals surface area (Å²) >= 11 is 0. The molecule has 270 valence electrons. The van der Waals surface area contributed by atoms with Gasteiger partial charge in [0.05, 0.1) is 31.0 Å². The summed E-state index contributed by atoms with van der Waals surface area (Å²) in [6, 6.07) is 0. The Kier molecular flexibility index (Phi) is 15.9. The first kappa shape index (κ1) is 39.7. The van der Waals surface area contributed by atoms with Crippen molar-refractivity contribution in [2.75, 3.05) is 27.9 Å². The first-order valence-corrected chi connectivity index (χ1v) is 16.9. The van der Waals surface area contributed by atoms with E-state index in [2.05, 4.69) is 0 Å². The van der Waals surface area contributed by atoms with Crippen molar-refractivity contribution in [2.45, 2.75) is 135 Å². The van der Waals surface area contributed by atoms with E-state index >= 15 is 0 Å². The largest absolute Gasteiger partial charge is 0.459 e. The van der Waals surface area contributed by atoms with E-state index in [1.54, 1.807) is 27.0 Å². The van der Waals surface area contributed by atoms with Crippen molar-refractivity contribution in [3.05, 3.63) is 24.3 Å². The second-order valence-corrected chi connectivity index (χ2v) is 13.4. The maximum Gasteiger partial charge on any atom is 0.330 e. The van der Waals surface area contributed by atoms with Crippen LogP contribution in [-0.2, 0) is 47.5 Å². The number of allylic oxidation sites excluding steroid dienone is 1. The van der Waals surface area contributed by atoms with E-state index in [0.29, 0.717) is 25.7 Å². The molecular formula is C35H58O12. The molecule has 0 radical (unpaired) electrons. The smallest absolute Gasteiger partial charge is 0.330 e. The van der Waals surface area contributed by atoms with Gasteiger partial charge in [-0.1, -0.05) is 39.0 Å². The molecule has 3 aliphatic heterocycles. The number of methoxy groups -OCH3 is 3. The molecular weight excluding hydrogens is 612 g/mol. The van der Waals surface area contributed by atoms with Gasteiger partial charge in [0.2, 0.25) is 0 Å². The van der Waals surface area contributed by atoms with E-state index in [0.717, 1.165) is 0 Å². The summed E-state index contributed by atoms with van der Waals surface area (Å²) in [5.41, 5.74) is 0. The normalized spacial score (nSPS) is 43.1. The van der Waals surface area contributed by atoms with Gasteiger partial charge >= 0.3 is 5.97 Å². The zero-order chi connectivity index (χ0) is 34.8. The van der Waals surface area contributed by atoms with Gasteiger partial charge in [-0.2, -0.15) is 0 Å². The van der Waals surface area contributed by atoms with Crippen LogP contribution in [0.4, 0.5) is 0 Å². The van der Waals surface area contributed by atoms with E-state index in [4.69, 9.17) is 37.9 Å². The molecule has 3 rings (SSSR count). The first-order chi connectivity index (χ1) is 22.3. The Balaban J connectivity index is 1.78. The van der Waals surface area contributed by atoms with Crippen LogP contribution in [0, 0.1) is 23.7 Å². The van der Waals surface area contributed by atoms with Crippen LogP contribution in [0.2, 0.25) is 0 Å². The lowest BCUT2D eigenvalue weighted by molar-refractivity contribution is -0.304. The van der Waals surface area contributed by atoms with E-state index in [1.165, 1.54) is 20.3 Å². The predicted molar refractivity (Wildman–Crippen MR) is 172 cm³/mol. The van der Waals surface area contributed by atoms with E-state index in [1.807, 2.05) is 39.8 Å². The second kappa shape index (κ2) is 18.9. The van der Waals surface area contributed by atoms with Crippen LogP contribution in [0.1, 0.15) is 67.2 Å². The highest BCUT2D eigenvalue weighted by Gasteiger charge is 2.45. The molecule has 0 aromatic rings. The van der Waals surface area contributed by atoms with Crippen LogP contribution in [-0.4, -0.2) is 117 Å². The molecule has 47 heavy (non-hydrogen) atoms. The number of Topliss-reactive ketones (excluding diaryl/α,β-unsaturated/α-hetero) is 1. The number of esters is 1. The van der Waals surface area contributed by atoms with Crippen molar-refractivity contribution < 1.29 is 57.7 Å². The molecule has 15 unspecified atom stereocenters. The van der Waals surface area contributed by atoms with Gasteiger partial charge in [0.25, 0.3) is 0 Å². The second-order valence-electron chi connectivity index (χ2n) is 13.4. The molecule has 0 aromatic heterocycles. The zero-order valence-corrected chi connectivity index (χ0v) is 29.5. The molecule has 0 bridgehead atoms. The average molecular weight is 671 g/mol. The molecule has 0 amide bonds. The molecule has 2 N–H and O–H groups in total. The maximum absolute atomic E-state index is 13.2. The number of hydrogen-bond donors (Lipinski definition) is 2. The maximum atomic E-state index is 13.2. The predicted octanol–water partition coefficient (Wildman–Crippen LogP) is 3.36. The van der Waals surface area contributed by atoms with Crippen LogP contribution in [0.15, 0.2) is 24.3 Å². The van der Waals surface area contributed by atoms with Gasteiger partial charge in [0.15, 0.2) is 12.6 Å². The number of carbonyl (C=O) groups is 2. The Morgan fingerprint density at radius 1 is 0.809 bits per heavy atom. The number of cyclic esters (lactones) is 1. The standard InChI is InChI=1S/C35H58O12/c1-19-14-15-28(37)45-23(5)25(18-43-35-33(42-9)32(41-8)29(38)24(6)46-35)12-10-11-13-26(36)20(2)16-21(3)31(19)47-34-30(39)27(40-7)17-22(4)44-34/h10,12,14-15,19-25,27,29-35,38-39H,11,13,16-18H2,1-9H3. The molecule has 12 heteroatoms. The number of aliphatic hydroxyl groups excluding tert-OH is 2. The van der Waals surface area contributed by atoms with Crippen molar-refractivity contribution in [1.29, 1.82) is 0 Å². The van der Waals surface area contributed by atoms with Crippen molar-refractivity contribution in [3.8, 4) is 0 Å². The first-order valence-electron chi connectivity index (χ1n) is 16.9. The van der Waals surface area contributed by atoms with Gasteiger partial charge in [-0.25, -0.2) is 4.79 Å². The minimum Gasteiger partial charge on any atom is -0.459 e. The average Bonchev–Trinajstić information content (AvgIpc) is 3.03. The van der Waals surface area contributed by atoms with Crippen molar-refractivity contribution in [3.63, 3.8) is 0 Å². The van der Waals surface area contributed by atoms with Crippen LogP contribution in [0.3, 0.4) is 0 Å². The minimum atomic E-state index is -0.984. The van der Waals surface area contributed by atoms with Crippen LogP contribution < -0.4 is 0 Å². The van der Waals surface area contributed by atoms with Gasteiger partial charge < -0.3 is 48.1 Å². The lowest BCUT2D eigenvalue weighted by atomic mass is 9.84. The highest BCUT2D eigenvalue weighted by Crippen LogP contribution is 2.32. The molecule has 2 saturated heterocycles. The van der Waals surface area contributed by atoms with Gasteiger partial charge in [-0.15, -0.1) is 0 Å². The molecule has 12 nitrogen and oxygen atoms in total. The third-order valence-electron chi connectivity index (χ3n) is 9.68. The molecule has 3 aliphatic rings. The number of carbonyl (C=O) groups excluding carboxylic acids is 2. The third kappa shape index (κ3) is 10.9. The van der Waals surface area contributed by atoms with Gasteiger partial charge in [0.1, 0.15) is 36.3 Å². The lowest BCUT2D eigenvalue weighted by Gasteiger charge is -2.42. The summed E-state index contributed by atoms with van der Waals surface area (Å²) in [5.74, 6) is -1.35. The summed E-state index contributed by atoms with van der Waals surface area (Å²) in [6.07, 6.45) is 1.76. The molecule has 2 fully saturated rings. The van der Waals surface area contributed by atoms with Gasteiger partial charge in [-0.3, -0.25) is 4.79 Å². The Bertz CT molecular complexity index is 1030. The van der Waals surface area contributed by atoms with Gasteiger partial charge in [-0.05, 0) is 39.5 Å². The summed E-state index contributed by atoms with van der Waals surface area (Å²) in [5, 5.41) is 21.4. The minimum absolute atomic E-state index is 0.0954. The van der Waals surface area contributed by atoms with Crippen LogP contribution in [0.5, 0.6) is 0 Å². The van der Waals surface area contributed by atoms with Crippen molar-refractivity contribution >= 4 is 11.8 Å². The van der Waals surface area contributed by atoms with Crippen molar-refractivity contribution in [2.24, 2.45) is 23.7 Å². The van der Waals surface area contributed by atoms with E-state index in [9.17, 15) is 19.8 Å². The topological polar surface area (TPSA) is 148 Å². The Hall–Kier alpha value is -1.74. The van der Waals surface area contributed by atoms with Crippen LogP contribution in [0.25, 0.3) is 0 Å². The fraction of sp³-hybridized carbons (Fsp3) is 0.829. The Labute approximate surface area is 280 Å². The number of rotatable bonds is 8. The number of ketones is 1. The van der Waals surface area contributed by atoms with Gasteiger partial charge in [0, 0.05) is 58.0 Å². The van der Waals surface area contributed by atoms with Crippen molar-refractivity contribution in [1.82, 2.24) is 0 Å². The number of aliphatic hydroxyl groups is 2. The summed E-state index contributed by atoms with van der Waals surface area (Å²) in [6.45, 7) is 11.4. The highest BCUT2D eigenvalue weighted by atomic mass is 16.7. The quantitative estimate of drug-likeness (QED) is 0.288. The number of ether oxygens (including phenoxy) is 8. The SMILES string of the molecule is COC1CC(C)OC(OC2C(C)C=CC(=O)OC(C)C(COC3OC(C)C(O)C(OC)C3OC)C=CCCC(=O)C(C)CC2C)C1O. The van der Waals surface area contributed by atoms with E-state index in [-0.39, 0.29) is 42.2 Å². The van der Waals surface area contributed by atoms with E-state index < -0.39 is 67.4 Å². The third-order valence-corrected chi connectivity index (χ3v) is 9.68. The molecule has 0 aromatic carbocycles. The fourth-order valence-electron chi connectivity index (χ4n) is 6.69. The Morgan fingerprint density at radius 2 is 1.51 bits per heavy atom. The molecule has 0 spiro atoms. The summed E-state index contributed by atoms with van der Waals surface area (Å²) in [4.78, 5) is 26.3. The van der Waals surface area contributed by atoms with Crippen LogP contribution >= 0.6 is 0 Å². The monoisotopic (exact) mass is 670 g/mol. The number of hydrogen-bond acceptors (Lipinski definition) is 12. The molecule has 0 aliphatic carbocycles. The highest BCUT2D eigenvalue weighted by molar-refractivity contribution is 5.82. The summed E-state index contributed by atoms with van der Waals surface area (Å²) < 4.78 is 46.8. The summed E-state index contributed by atoms with van der Waals surface area (Å²) in [7, 11) is 4.55. The molecule has 15 atom stereocenters.